The van der Waals surface area contributed by atoms with Gasteiger partial charge in [-0.05, 0) is 31.4 Å². The molecule has 0 radical (unpaired) electrons. The van der Waals surface area contributed by atoms with Gasteiger partial charge in [0, 0.05) is 18.0 Å². The van der Waals surface area contributed by atoms with Gasteiger partial charge in [0.25, 0.3) is 11.5 Å². The summed E-state index contributed by atoms with van der Waals surface area (Å²) in [6.07, 6.45) is 1.79. The maximum atomic E-state index is 12.4. The lowest BCUT2D eigenvalue weighted by Gasteiger charge is -2.00. The van der Waals surface area contributed by atoms with Crippen LogP contribution in [0.15, 0.2) is 22.3 Å². The second-order valence-electron chi connectivity index (χ2n) is 4.33. The Hall–Kier alpha value is -2.17. The van der Waals surface area contributed by atoms with Crippen molar-refractivity contribution < 1.29 is 4.79 Å². The van der Waals surface area contributed by atoms with Gasteiger partial charge < -0.3 is 5.32 Å². The largest absolute Gasteiger partial charge is 0.352 e. The molecule has 0 aromatic carbocycles. The number of amides is 1. The van der Waals surface area contributed by atoms with Crippen molar-refractivity contribution in [3.05, 3.63) is 41.9 Å². The average Bonchev–Trinajstić information content (AvgIpc) is 3.10. The Morgan fingerprint density at radius 3 is 2.82 bits per heavy atom. The van der Waals surface area contributed by atoms with Gasteiger partial charge in [-0.3, -0.25) is 14.2 Å². The van der Waals surface area contributed by atoms with Crippen LogP contribution in [-0.4, -0.2) is 17.0 Å². The van der Waals surface area contributed by atoms with Crippen LogP contribution in [-0.2, 0) is 11.3 Å². The van der Waals surface area contributed by atoms with Crippen LogP contribution < -0.4 is 20.1 Å². The fourth-order valence-electron chi connectivity index (χ4n) is 1.94. The van der Waals surface area contributed by atoms with Crippen molar-refractivity contribution in [2.75, 3.05) is 6.54 Å². The van der Waals surface area contributed by atoms with Crippen molar-refractivity contribution >= 4 is 40.2 Å². The Bertz CT molecular complexity index is 883. The summed E-state index contributed by atoms with van der Waals surface area (Å²) >= 11 is 2.71. The number of hydrogen-bond acceptors (Lipinski definition) is 5. The summed E-state index contributed by atoms with van der Waals surface area (Å²) in [4.78, 5) is 25.4. The second-order valence-corrected chi connectivity index (χ2v) is 6.34. The van der Waals surface area contributed by atoms with Gasteiger partial charge in [-0.15, -0.1) is 22.7 Å². The van der Waals surface area contributed by atoms with Crippen LogP contribution in [0, 0.1) is 11.3 Å². The fourth-order valence-corrected chi connectivity index (χ4v) is 3.83. The highest BCUT2D eigenvalue weighted by Crippen LogP contribution is 2.08. The van der Waals surface area contributed by atoms with E-state index in [1.165, 1.54) is 27.2 Å². The average molecular weight is 333 g/mol. The number of nitrogens with zero attached hydrogens (tertiary/aromatic N) is 2. The standard InChI is InChI=1S/C15H15N3O2S2/c1-3-17-13(19)11(9-16)15-18(4-2)14(20)12(22-15)8-10-6-5-7-21-10/h5-8H,3-4H2,1-2H3,(H,17,19)/b12-8-,15-11-. The third-order valence-electron chi connectivity index (χ3n) is 2.93. The molecule has 1 N–H and O–H groups in total. The maximum absolute atomic E-state index is 12.4. The van der Waals surface area contributed by atoms with Crippen LogP contribution in [0.4, 0.5) is 0 Å². The Morgan fingerprint density at radius 1 is 1.50 bits per heavy atom. The first kappa shape index (κ1) is 16.2. The van der Waals surface area contributed by atoms with E-state index in [2.05, 4.69) is 5.32 Å². The molecule has 0 saturated heterocycles. The van der Waals surface area contributed by atoms with E-state index in [0.29, 0.717) is 22.3 Å². The van der Waals surface area contributed by atoms with E-state index in [9.17, 15) is 14.9 Å². The lowest BCUT2D eigenvalue weighted by atomic mass is 10.3. The monoisotopic (exact) mass is 333 g/mol. The van der Waals surface area contributed by atoms with Crippen LogP contribution in [0.1, 0.15) is 18.7 Å². The van der Waals surface area contributed by atoms with Gasteiger partial charge in [-0.2, -0.15) is 5.26 Å². The molecule has 0 bridgehead atoms. The van der Waals surface area contributed by atoms with Gasteiger partial charge >= 0.3 is 0 Å². The van der Waals surface area contributed by atoms with Crippen molar-refractivity contribution in [1.29, 1.82) is 5.26 Å². The molecule has 2 aromatic rings. The highest BCUT2D eigenvalue weighted by atomic mass is 32.1. The topological polar surface area (TPSA) is 74.9 Å². The van der Waals surface area contributed by atoms with E-state index in [4.69, 9.17) is 0 Å². The Kier molecular flexibility index (Phi) is 5.31. The number of thiophene rings is 1. The van der Waals surface area contributed by atoms with Gasteiger partial charge in [0.05, 0.1) is 4.53 Å². The molecule has 0 fully saturated rings. The Morgan fingerprint density at radius 2 is 2.27 bits per heavy atom. The number of nitrogens with one attached hydrogen (secondary N) is 1. The van der Waals surface area contributed by atoms with Gasteiger partial charge in [0.1, 0.15) is 10.7 Å². The molecule has 0 aliphatic rings. The number of hydrogen-bond donors (Lipinski definition) is 1. The third-order valence-corrected chi connectivity index (χ3v) is 4.88. The highest BCUT2D eigenvalue weighted by Gasteiger charge is 2.14. The summed E-state index contributed by atoms with van der Waals surface area (Å²) in [5.41, 5.74) is -0.190. The molecule has 2 heterocycles. The molecular formula is C15H15N3O2S2. The quantitative estimate of drug-likeness (QED) is 0.892. The smallest absolute Gasteiger partial charge is 0.269 e. The van der Waals surface area contributed by atoms with E-state index in [1.807, 2.05) is 30.5 Å². The number of thiazole rings is 1. The zero-order valence-electron chi connectivity index (χ0n) is 12.3. The molecule has 0 aliphatic carbocycles. The van der Waals surface area contributed by atoms with Crippen LogP contribution in [0.5, 0.6) is 0 Å². The number of aromatic nitrogens is 1. The van der Waals surface area contributed by atoms with Crippen LogP contribution in [0.3, 0.4) is 0 Å². The summed E-state index contributed by atoms with van der Waals surface area (Å²) in [6, 6.07) is 5.74. The van der Waals surface area contributed by atoms with Gasteiger partial charge in [0.15, 0.2) is 5.57 Å². The molecule has 7 heteroatoms. The first-order chi connectivity index (χ1) is 10.6. The van der Waals surface area contributed by atoms with Gasteiger partial charge in [-0.25, -0.2) is 0 Å². The lowest BCUT2D eigenvalue weighted by molar-refractivity contribution is -0.115. The van der Waals surface area contributed by atoms with E-state index in [1.54, 1.807) is 13.0 Å². The second kappa shape index (κ2) is 7.20. The minimum Gasteiger partial charge on any atom is -0.352 e. The van der Waals surface area contributed by atoms with Gasteiger partial charge in [0.2, 0.25) is 0 Å². The summed E-state index contributed by atoms with van der Waals surface area (Å²) < 4.78 is 2.40. The lowest BCUT2D eigenvalue weighted by Crippen LogP contribution is -2.34. The van der Waals surface area contributed by atoms with Crippen molar-refractivity contribution in [3.63, 3.8) is 0 Å². The van der Waals surface area contributed by atoms with Crippen molar-refractivity contribution in [2.45, 2.75) is 20.4 Å². The predicted octanol–water partition coefficient (Wildman–Crippen LogP) is 0.630. The number of nitriles is 1. The molecule has 22 heavy (non-hydrogen) atoms. The molecule has 114 valence electrons. The van der Waals surface area contributed by atoms with Crippen LogP contribution in [0.25, 0.3) is 11.6 Å². The first-order valence-electron chi connectivity index (χ1n) is 6.79. The van der Waals surface area contributed by atoms with Crippen molar-refractivity contribution in [3.8, 4) is 6.07 Å². The summed E-state index contributed by atoms with van der Waals surface area (Å²) in [6.45, 7) is 4.44. The highest BCUT2D eigenvalue weighted by molar-refractivity contribution is 7.11. The summed E-state index contributed by atoms with van der Waals surface area (Å²) in [5.74, 6) is -0.448. The molecule has 5 nitrogen and oxygen atoms in total. The van der Waals surface area contributed by atoms with E-state index in [0.717, 1.165) is 4.88 Å². The molecule has 0 unspecified atom stereocenters. The fraction of sp³-hybridized carbons (Fsp3) is 0.267. The van der Waals surface area contributed by atoms with E-state index in [-0.39, 0.29) is 11.1 Å². The predicted molar refractivity (Wildman–Crippen MR) is 89.1 cm³/mol. The zero-order valence-corrected chi connectivity index (χ0v) is 13.9. The van der Waals surface area contributed by atoms with Gasteiger partial charge in [-0.1, -0.05) is 6.07 Å². The Labute approximate surface area is 135 Å². The van der Waals surface area contributed by atoms with E-state index < -0.39 is 5.91 Å². The first-order valence-corrected chi connectivity index (χ1v) is 8.49. The normalized spacial score (nSPS) is 12.9. The summed E-state index contributed by atoms with van der Waals surface area (Å²) in [7, 11) is 0. The minimum absolute atomic E-state index is 0.0170. The number of carbonyl (C=O) groups excluding carboxylic acids is 1. The van der Waals surface area contributed by atoms with Crippen LogP contribution in [0.2, 0.25) is 0 Å². The molecule has 2 rings (SSSR count). The van der Waals surface area contributed by atoms with Crippen LogP contribution >= 0.6 is 22.7 Å². The minimum atomic E-state index is -0.448. The van der Waals surface area contributed by atoms with Crippen molar-refractivity contribution in [2.24, 2.45) is 0 Å². The maximum Gasteiger partial charge on any atom is 0.269 e. The molecule has 0 atom stereocenters. The van der Waals surface area contributed by atoms with Crippen molar-refractivity contribution in [1.82, 2.24) is 9.88 Å². The number of rotatable bonds is 4. The molecular weight excluding hydrogens is 318 g/mol. The SMILES string of the molecule is CCNC(=O)/C(C#N)=c1\s/c(=C\c2cccs2)c(=O)n1CC. The Balaban J connectivity index is 2.76. The molecule has 0 saturated carbocycles. The molecule has 0 spiro atoms. The summed E-state index contributed by atoms with van der Waals surface area (Å²) in [5, 5.41) is 13.8. The third kappa shape index (κ3) is 3.18. The molecule has 0 aliphatic heterocycles. The molecule has 2 aromatic heterocycles. The zero-order chi connectivity index (χ0) is 16.1. The van der Waals surface area contributed by atoms with E-state index >= 15 is 0 Å². The number of carbonyl (C=O) groups is 1. The molecule has 1 amide bonds.